The minimum atomic E-state index is -0.527. The number of rotatable bonds is 11. The number of nitrogens with zero attached hydrogens (tertiary/aromatic N) is 3. The summed E-state index contributed by atoms with van der Waals surface area (Å²) in [7, 11) is 1.40. The summed E-state index contributed by atoms with van der Waals surface area (Å²) in [6, 6.07) is 17.1. The van der Waals surface area contributed by atoms with E-state index in [1.165, 1.54) is 7.11 Å². The quantitative estimate of drug-likeness (QED) is 0.271. The third-order valence-electron chi connectivity index (χ3n) is 5.95. The van der Waals surface area contributed by atoms with Crippen LogP contribution < -0.4 is 10.1 Å². The standard InChI is InChI=1S/C30H34N4O5/c1-30(2,3)39-29(36)20-32-27-9-5-8-23(33-27)13-16-38-24-10-11-25-21(17-24)12-15-34(25)26(18-28(35)37-4)22-7-6-14-31-19-22/h5-12,14-15,17,19,26H,13,16,18,20H2,1-4H3,(H,32,33). The van der Waals surface area contributed by atoms with Crippen LogP contribution in [-0.4, -0.2) is 52.3 Å². The number of ether oxygens (including phenoxy) is 3. The molecule has 39 heavy (non-hydrogen) atoms. The van der Waals surface area contributed by atoms with Gasteiger partial charge in [0.25, 0.3) is 0 Å². The van der Waals surface area contributed by atoms with Crippen LogP contribution in [0.1, 0.15) is 44.5 Å². The molecule has 3 aromatic heterocycles. The Morgan fingerprint density at radius 3 is 2.64 bits per heavy atom. The van der Waals surface area contributed by atoms with Gasteiger partial charge in [0.1, 0.15) is 23.7 Å². The predicted molar refractivity (Wildman–Crippen MR) is 149 cm³/mol. The van der Waals surface area contributed by atoms with Crippen molar-refractivity contribution in [2.75, 3.05) is 25.6 Å². The number of benzene rings is 1. The van der Waals surface area contributed by atoms with E-state index >= 15 is 0 Å². The van der Waals surface area contributed by atoms with Crippen LogP contribution in [0.2, 0.25) is 0 Å². The zero-order valence-electron chi connectivity index (χ0n) is 22.7. The highest BCUT2D eigenvalue weighted by atomic mass is 16.6. The van der Waals surface area contributed by atoms with Gasteiger partial charge in [0.15, 0.2) is 0 Å². The van der Waals surface area contributed by atoms with Crippen molar-refractivity contribution < 1.29 is 23.8 Å². The second-order valence-corrected chi connectivity index (χ2v) is 10.1. The molecule has 0 amide bonds. The number of carbonyl (C=O) groups is 2. The maximum Gasteiger partial charge on any atom is 0.325 e. The third kappa shape index (κ3) is 7.80. The first-order valence-corrected chi connectivity index (χ1v) is 12.8. The molecule has 0 saturated heterocycles. The molecule has 1 aromatic carbocycles. The Kier molecular flexibility index (Phi) is 8.81. The fraction of sp³-hybridized carbons (Fsp3) is 0.333. The van der Waals surface area contributed by atoms with Gasteiger partial charge >= 0.3 is 11.9 Å². The van der Waals surface area contributed by atoms with E-state index < -0.39 is 5.60 Å². The van der Waals surface area contributed by atoms with Gasteiger partial charge in [-0.3, -0.25) is 14.6 Å². The Morgan fingerprint density at radius 1 is 1.05 bits per heavy atom. The topological polar surface area (TPSA) is 105 Å². The van der Waals surface area contributed by atoms with Crippen molar-refractivity contribution in [1.29, 1.82) is 0 Å². The van der Waals surface area contributed by atoms with Crippen molar-refractivity contribution in [3.05, 3.63) is 84.4 Å². The van der Waals surface area contributed by atoms with Crippen molar-refractivity contribution in [2.24, 2.45) is 0 Å². The van der Waals surface area contributed by atoms with Crippen molar-refractivity contribution in [3.63, 3.8) is 0 Å². The Morgan fingerprint density at radius 2 is 1.90 bits per heavy atom. The molecular weight excluding hydrogens is 496 g/mol. The molecule has 0 aliphatic rings. The molecule has 0 spiro atoms. The lowest BCUT2D eigenvalue weighted by atomic mass is 10.1. The summed E-state index contributed by atoms with van der Waals surface area (Å²) in [4.78, 5) is 32.9. The van der Waals surface area contributed by atoms with Crippen LogP contribution in [0, 0.1) is 0 Å². The van der Waals surface area contributed by atoms with Crippen LogP contribution in [-0.2, 0) is 25.5 Å². The highest BCUT2D eigenvalue weighted by molar-refractivity contribution is 5.82. The number of fused-ring (bicyclic) bond motifs is 1. The molecule has 0 aliphatic heterocycles. The number of methoxy groups -OCH3 is 1. The van der Waals surface area contributed by atoms with Crippen LogP contribution in [0.5, 0.6) is 5.75 Å². The van der Waals surface area contributed by atoms with Gasteiger partial charge in [-0.25, -0.2) is 4.98 Å². The minimum Gasteiger partial charge on any atom is -0.493 e. The number of pyridine rings is 2. The monoisotopic (exact) mass is 530 g/mol. The van der Waals surface area contributed by atoms with Crippen LogP contribution in [0.25, 0.3) is 10.9 Å². The predicted octanol–water partition coefficient (Wildman–Crippen LogP) is 4.96. The zero-order chi connectivity index (χ0) is 27.8. The molecule has 0 fully saturated rings. The van der Waals surface area contributed by atoms with Gasteiger partial charge in [-0.1, -0.05) is 12.1 Å². The van der Waals surface area contributed by atoms with Crippen molar-refractivity contribution in [1.82, 2.24) is 14.5 Å². The Bertz CT molecular complexity index is 1410. The zero-order valence-corrected chi connectivity index (χ0v) is 22.7. The molecule has 9 heteroatoms. The van der Waals surface area contributed by atoms with Crippen LogP contribution in [0.15, 0.2) is 73.2 Å². The summed E-state index contributed by atoms with van der Waals surface area (Å²) in [5.74, 6) is 0.726. The lowest BCUT2D eigenvalue weighted by Gasteiger charge is -2.19. The molecule has 4 rings (SSSR count). The number of hydrogen-bond acceptors (Lipinski definition) is 8. The largest absolute Gasteiger partial charge is 0.493 e. The van der Waals surface area contributed by atoms with E-state index in [0.717, 1.165) is 27.9 Å². The normalized spacial score (nSPS) is 12.1. The lowest BCUT2D eigenvalue weighted by molar-refractivity contribution is -0.152. The van der Waals surface area contributed by atoms with Gasteiger partial charge in [-0.05, 0) is 68.8 Å². The van der Waals surface area contributed by atoms with Gasteiger partial charge in [0, 0.05) is 41.6 Å². The van der Waals surface area contributed by atoms with E-state index in [4.69, 9.17) is 14.2 Å². The Balaban J connectivity index is 1.38. The summed E-state index contributed by atoms with van der Waals surface area (Å²) in [6.07, 6.45) is 6.25. The lowest BCUT2D eigenvalue weighted by Crippen LogP contribution is -2.28. The highest BCUT2D eigenvalue weighted by Crippen LogP contribution is 2.30. The number of nitrogens with one attached hydrogen (secondary N) is 1. The molecule has 3 heterocycles. The summed E-state index contributed by atoms with van der Waals surface area (Å²) in [5.41, 5.74) is 2.22. The van der Waals surface area contributed by atoms with E-state index in [0.29, 0.717) is 18.8 Å². The first-order valence-electron chi connectivity index (χ1n) is 12.8. The first kappa shape index (κ1) is 27.6. The fourth-order valence-corrected chi connectivity index (χ4v) is 4.23. The van der Waals surface area contributed by atoms with Gasteiger partial charge < -0.3 is 24.1 Å². The molecule has 0 aliphatic carbocycles. The van der Waals surface area contributed by atoms with Crippen molar-refractivity contribution in [2.45, 2.75) is 45.3 Å². The van der Waals surface area contributed by atoms with Gasteiger partial charge in [0.05, 0.1) is 26.2 Å². The van der Waals surface area contributed by atoms with E-state index in [1.54, 1.807) is 12.4 Å². The van der Waals surface area contributed by atoms with Crippen LogP contribution >= 0.6 is 0 Å². The van der Waals surface area contributed by atoms with E-state index in [-0.39, 0.29) is 30.9 Å². The molecule has 1 atom stereocenters. The number of aromatic nitrogens is 3. The number of anilines is 1. The van der Waals surface area contributed by atoms with E-state index in [1.807, 2.05) is 81.6 Å². The highest BCUT2D eigenvalue weighted by Gasteiger charge is 2.20. The second kappa shape index (κ2) is 12.4. The molecule has 9 nitrogen and oxygen atoms in total. The van der Waals surface area contributed by atoms with Gasteiger partial charge in [-0.15, -0.1) is 0 Å². The number of hydrogen-bond donors (Lipinski definition) is 1. The summed E-state index contributed by atoms with van der Waals surface area (Å²) in [5, 5.41) is 4.01. The molecular formula is C30H34N4O5. The maximum atomic E-state index is 12.1. The minimum absolute atomic E-state index is 0.0468. The van der Waals surface area contributed by atoms with E-state index in [2.05, 4.69) is 19.9 Å². The van der Waals surface area contributed by atoms with Crippen molar-refractivity contribution in [3.8, 4) is 5.75 Å². The molecule has 1 N–H and O–H groups in total. The first-order chi connectivity index (χ1) is 18.7. The molecule has 0 bridgehead atoms. The van der Waals surface area contributed by atoms with Gasteiger partial charge in [0.2, 0.25) is 0 Å². The third-order valence-corrected chi connectivity index (χ3v) is 5.95. The van der Waals surface area contributed by atoms with Crippen LogP contribution in [0.4, 0.5) is 5.82 Å². The smallest absolute Gasteiger partial charge is 0.325 e. The fourth-order valence-electron chi connectivity index (χ4n) is 4.23. The number of carbonyl (C=O) groups excluding carboxylic acids is 2. The second-order valence-electron chi connectivity index (χ2n) is 10.1. The van der Waals surface area contributed by atoms with Crippen molar-refractivity contribution >= 4 is 28.7 Å². The summed E-state index contributed by atoms with van der Waals surface area (Å²) >= 11 is 0. The Hall–Kier alpha value is -4.40. The molecule has 204 valence electrons. The van der Waals surface area contributed by atoms with Gasteiger partial charge in [-0.2, -0.15) is 0 Å². The molecule has 4 aromatic rings. The van der Waals surface area contributed by atoms with E-state index in [9.17, 15) is 9.59 Å². The van der Waals surface area contributed by atoms with Crippen LogP contribution in [0.3, 0.4) is 0 Å². The molecule has 1 unspecified atom stereocenters. The molecule has 0 radical (unpaired) electrons. The SMILES string of the molecule is COC(=O)CC(c1cccnc1)n1ccc2cc(OCCc3cccc(NCC(=O)OC(C)(C)C)n3)ccc21. The molecule has 0 saturated carbocycles. The Labute approximate surface area is 228 Å². The summed E-state index contributed by atoms with van der Waals surface area (Å²) < 4.78 is 18.3. The number of esters is 2. The average Bonchev–Trinajstić information content (AvgIpc) is 3.33. The average molecular weight is 531 g/mol. The maximum absolute atomic E-state index is 12.1. The summed E-state index contributed by atoms with van der Waals surface area (Å²) in [6.45, 7) is 5.99.